The van der Waals surface area contributed by atoms with Gasteiger partial charge in [-0.15, -0.1) is 11.8 Å². The second-order valence-electron chi connectivity index (χ2n) is 5.56. The number of carbonyl (C=O) groups is 1. The van der Waals surface area contributed by atoms with E-state index < -0.39 is 30.0 Å². The van der Waals surface area contributed by atoms with E-state index in [0.29, 0.717) is 0 Å². The lowest BCUT2D eigenvalue weighted by molar-refractivity contribution is -0.202. The minimum Gasteiger partial charge on any atom is -0.480 e. The van der Waals surface area contributed by atoms with E-state index in [4.69, 9.17) is 9.84 Å². The number of halogens is 3. The average Bonchev–Trinajstić information content (AvgIpc) is 2.63. The molecule has 9 heteroatoms. The largest absolute Gasteiger partial charge is 0.480 e. The Bertz CT molecular complexity index is 757. The van der Waals surface area contributed by atoms with Gasteiger partial charge in [0.1, 0.15) is 23.7 Å². The molecule has 4 nitrogen and oxygen atoms in total. The summed E-state index contributed by atoms with van der Waals surface area (Å²) < 4.78 is 47.8. The monoisotopic (exact) mass is 417 g/mol. The summed E-state index contributed by atoms with van der Waals surface area (Å²) in [6, 6.07) is 7.21. The number of ether oxygens (including phenoxy) is 1. The highest BCUT2D eigenvalue weighted by Gasteiger charge is 2.45. The van der Waals surface area contributed by atoms with Gasteiger partial charge in [0.25, 0.3) is 0 Å². The maximum Gasteiger partial charge on any atom is 0.417 e. The zero-order valence-corrected chi connectivity index (χ0v) is 15.9. The molecule has 0 heterocycles. The maximum absolute atomic E-state index is 14.9. The Morgan fingerprint density at radius 3 is 2.30 bits per heavy atom. The van der Waals surface area contributed by atoms with Crippen molar-refractivity contribution in [1.29, 1.82) is 0 Å². The summed E-state index contributed by atoms with van der Waals surface area (Å²) in [6.45, 7) is 0. The van der Waals surface area contributed by atoms with Crippen LogP contribution in [0, 0.1) is 5.82 Å². The molecule has 1 unspecified atom stereocenters. The minimum absolute atomic E-state index is 0.0184. The van der Waals surface area contributed by atoms with Crippen LogP contribution in [-0.2, 0) is 4.79 Å². The van der Waals surface area contributed by atoms with Crippen LogP contribution in [-0.4, -0.2) is 35.2 Å². The second kappa shape index (κ2) is 9.38. The van der Waals surface area contributed by atoms with Crippen molar-refractivity contribution in [3.05, 3.63) is 59.9 Å². The van der Waals surface area contributed by atoms with Gasteiger partial charge >= 0.3 is 12.1 Å². The summed E-state index contributed by atoms with van der Waals surface area (Å²) in [7, 11) is 0. The number of carboxylic acids is 1. The smallest absolute Gasteiger partial charge is 0.417 e. The van der Waals surface area contributed by atoms with E-state index >= 15 is 0 Å². The van der Waals surface area contributed by atoms with E-state index in [2.05, 4.69) is 17.9 Å². The quantitative estimate of drug-likeness (QED) is 0.421. The molecule has 146 valence electrons. The van der Waals surface area contributed by atoms with E-state index in [-0.39, 0.29) is 17.1 Å². The van der Waals surface area contributed by atoms with Crippen molar-refractivity contribution < 1.29 is 27.8 Å². The lowest BCUT2D eigenvalue weighted by Crippen LogP contribution is -2.49. The molecule has 0 bridgehead atoms. The van der Waals surface area contributed by atoms with Gasteiger partial charge in [-0.2, -0.15) is 21.4 Å². The molecule has 0 spiro atoms. The number of thiol groups is 1. The molecule has 0 aliphatic heterocycles. The van der Waals surface area contributed by atoms with Crippen molar-refractivity contribution in [2.75, 3.05) is 12.0 Å². The van der Waals surface area contributed by atoms with Crippen LogP contribution in [0.4, 0.5) is 13.2 Å². The molecular weight excluding hydrogens is 399 g/mol. The Labute approximate surface area is 164 Å². The molecule has 27 heavy (non-hydrogen) atoms. The van der Waals surface area contributed by atoms with Gasteiger partial charge in [0.05, 0.1) is 0 Å². The number of hydrogen-bond donors (Lipinski definition) is 3. The van der Waals surface area contributed by atoms with Crippen LogP contribution in [0.5, 0.6) is 5.75 Å². The highest BCUT2D eigenvalue weighted by atomic mass is 32.2. The third-order valence-corrected chi connectivity index (χ3v) is 4.81. The van der Waals surface area contributed by atoms with Crippen LogP contribution in [0.1, 0.15) is 11.6 Å². The second-order valence-corrected chi connectivity index (χ2v) is 6.81. The standard InChI is InChI=1S/C18H18F3NO3S2/c1-27-14-8-6-13(7-9-14)25-18(20,21)16(22-15(10-26)17(23)24)11-2-4-12(19)5-3-11/h2-9,15-16,22,26H,10H2,1H3,(H,23,24)/t15?,16-/m1/s1. The lowest BCUT2D eigenvalue weighted by Gasteiger charge is -2.30. The molecule has 2 aromatic rings. The van der Waals surface area contributed by atoms with Crippen LogP contribution in [0.15, 0.2) is 53.4 Å². The van der Waals surface area contributed by atoms with Gasteiger partial charge in [0.15, 0.2) is 0 Å². The first-order valence-corrected chi connectivity index (χ1v) is 9.68. The Kier molecular flexibility index (Phi) is 7.46. The number of thioether (sulfide) groups is 1. The highest BCUT2D eigenvalue weighted by Crippen LogP contribution is 2.35. The minimum atomic E-state index is -3.81. The Morgan fingerprint density at radius 2 is 1.81 bits per heavy atom. The normalized spacial score (nSPS) is 13.8. The maximum atomic E-state index is 14.9. The van der Waals surface area contributed by atoms with Crippen molar-refractivity contribution in [3.63, 3.8) is 0 Å². The number of hydrogen-bond acceptors (Lipinski definition) is 5. The third-order valence-electron chi connectivity index (χ3n) is 3.70. The zero-order valence-electron chi connectivity index (χ0n) is 14.2. The molecule has 2 N–H and O–H groups in total. The van der Waals surface area contributed by atoms with Gasteiger partial charge in [0, 0.05) is 10.6 Å². The van der Waals surface area contributed by atoms with Crippen LogP contribution in [0.25, 0.3) is 0 Å². The molecule has 0 aromatic heterocycles. The predicted molar refractivity (Wildman–Crippen MR) is 101 cm³/mol. The molecule has 2 rings (SSSR count). The molecule has 0 saturated carbocycles. The molecule has 0 radical (unpaired) electrons. The van der Waals surface area contributed by atoms with Gasteiger partial charge in [-0.25, -0.2) is 4.39 Å². The van der Waals surface area contributed by atoms with Crippen LogP contribution < -0.4 is 10.1 Å². The molecule has 2 aromatic carbocycles. The van der Waals surface area contributed by atoms with Crippen molar-refractivity contribution in [2.24, 2.45) is 0 Å². The predicted octanol–water partition coefficient (Wildman–Crippen LogP) is 4.23. The molecule has 2 atom stereocenters. The fourth-order valence-corrected chi connectivity index (χ4v) is 2.98. The first-order chi connectivity index (χ1) is 12.8. The number of benzene rings is 2. The molecule has 0 amide bonds. The van der Waals surface area contributed by atoms with Gasteiger partial charge in [-0.1, -0.05) is 12.1 Å². The molecule has 0 fully saturated rings. The third kappa shape index (κ3) is 5.82. The summed E-state index contributed by atoms with van der Waals surface area (Å²) in [4.78, 5) is 12.1. The molecule has 0 saturated heterocycles. The first-order valence-electron chi connectivity index (χ1n) is 7.83. The number of aliphatic carboxylic acids is 1. The van der Waals surface area contributed by atoms with Gasteiger partial charge in [-0.3, -0.25) is 10.1 Å². The number of nitrogens with one attached hydrogen (secondary N) is 1. The van der Waals surface area contributed by atoms with Crippen molar-refractivity contribution in [3.8, 4) is 5.75 Å². The van der Waals surface area contributed by atoms with E-state index in [1.165, 1.54) is 23.9 Å². The summed E-state index contributed by atoms with van der Waals surface area (Å²) in [5.41, 5.74) is -0.0184. The van der Waals surface area contributed by atoms with Crippen LogP contribution in [0.2, 0.25) is 0 Å². The summed E-state index contributed by atoms with van der Waals surface area (Å²) in [6.07, 6.45) is -1.96. The summed E-state index contributed by atoms with van der Waals surface area (Å²) in [5.74, 6) is -2.23. The van der Waals surface area contributed by atoms with E-state index in [9.17, 15) is 18.0 Å². The van der Waals surface area contributed by atoms with Crippen molar-refractivity contribution >= 4 is 30.4 Å². The number of alkyl halides is 2. The molecule has 0 aliphatic rings. The van der Waals surface area contributed by atoms with Crippen molar-refractivity contribution in [2.45, 2.75) is 23.1 Å². The Balaban J connectivity index is 2.33. The van der Waals surface area contributed by atoms with Gasteiger partial charge in [0.2, 0.25) is 0 Å². The van der Waals surface area contributed by atoms with E-state index in [1.54, 1.807) is 12.1 Å². The topological polar surface area (TPSA) is 58.6 Å². The van der Waals surface area contributed by atoms with Gasteiger partial charge < -0.3 is 9.84 Å². The lowest BCUT2D eigenvalue weighted by atomic mass is 10.0. The van der Waals surface area contributed by atoms with Crippen molar-refractivity contribution in [1.82, 2.24) is 5.32 Å². The highest BCUT2D eigenvalue weighted by molar-refractivity contribution is 7.98. The Morgan fingerprint density at radius 1 is 1.22 bits per heavy atom. The molecule has 0 aliphatic carbocycles. The fraction of sp³-hybridized carbons (Fsp3) is 0.278. The summed E-state index contributed by atoms with van der Waals surface area (Å²) in [5, 5.41) is 11.5. The fourth-order valence-electron chi connectivity index (χ4n) is 2.31. The molecular formula is C18H18F3NO3S2. The number of carboxylic acid groups (broad SMARTS) is 1. The first kappa shape index (κ1) is 21.5. The van der Waals surface area contributed by atoms with Gasteiger partial charge in [-0.05, 0) is 48.2 Å². The van der Waals surface area contributed by atoms with E-state index in [0.717, 1.165) is 29.2 Å². The van der Waals surface area contributed by atoms with E-state index in [1.807, 2.05) is 6.26 Å². The number of rotatable bonds is 9. The SMILES string of the molecule is CSc1ccc(OC(F)(F)[C@H](NC(CS)C(=O)O)c2ccc(F)cc2)cc1. The average molecular weight is 417 g/mol. The summed E-state index contributed by atoms with van der Waals surface area (Å²) >= 11 is 5.33. The van der Waals surface area contributed by atoms with Crippen LogP contribution >= 0.6 is 24.4 Å². The zero-order chi connectivity index (χ0) is 20.0. The Hall–Kier alpha value is -1.84. The van der Waals surface area contributed by atoms with Crippen LogP contribution in [0.3, 0.4) is 0 Å².